The molecular weight excluding hydrogens is 425 g/mol. The van der Waals surface area contributed by atoms with Crippen molar-refractivity contribution in [3.63, 3.8) is 0 Å². The second kappa shape index (κ2) is 9.05. The highest BCUT2D eigenvalue weighted by Gasteiger charge is 2.46. The molecule has 32 heavy (non-hydrogen) atoms. The van der Waals surface area contributed by atoms with Gasteiger partial charge in [0.25, 0.3) is 5.91 Å². The topological polar surface area (TPSA) is 73.0 Å². The van der Waals surface area contributed by atoms with Crippen molar-refractivity contribution in [1.82, 2.24) is 20.0 Å². The molecule has 1 aromatic rings. The summed E-state index contributed by atoms with van der Waals surface area (Å²) in [5.74, 6) is -0.649. The molecule has 0 saturated carbocycles. The molecule has 0 saturated heterocycles. The minimum absolute atomic E-state index is 0.0310. The number of nitrogens with zero attached hydrogens (tertiary/aromatic N) is 3. The van der Waals surface area contributed by atoms with Crippen LogP contribution in [0.2, 0.25) is 0 Å². The van der Waals surface area contributed by atoms with Crippen LogP contribution in [0.5, 0.6) is 0 Å². The van der Waals surface area contributed by atoms with Crippen molar-refractivity contribution in [3.8, 4) is 0 Å². The average Bonchev–Trinajstić information content (AvgIpc) is 3.08. The quantitative estimate of drug-likeness (QED) is 0.650. The van der Waals surface area contributed by atoms with Gasteiger partial charge in [-0.2, -0.15) is 13.2 Å². The van der Waals surface area contributed by atoms with Crippen LogP contribution in [-0.2, 0) is 15.8 Å². The predicted molar refractivity (Wildman–Crippen MR) is 111 cm³/mol. The van der Waals surface area contributed by atoms with E-state index in [1.807, 2.05) is 6.92 Å². The minimum atomic E-state index is -4.65. The van der Waals surface area contributed by atoms with Crippen LogP contribution in [0.3, 0.4) is 0 Å². The fourth-order valence-electron chi connectivity index (χ4n) is 3.89. The van der Waals surface area contributed by atoms with Crippen molar-refractivity contribution in [2.45, 2.75) is 25.6 Å². The highest BCUT2D eigenvalue weighted by molar-refractivity contribution is 6.01. The Kier molecular flexibility index (Phi) is 6.61. The maximum atomic E-state index is 13.6. The molecule has 0 bridgehead atoms. The second-order valence-corrected chi connectivity index (χ2v) is 7.61. The summed E-state index contributed by atoms with van der Waals surface area (Å²) < 4.78 is 40.9. The van der Waals surface area contributed by atoms with Gasteiger partial charge in [-0.1, -0.05) is 24.3 Å². The van der Waals surface area contributed by atoms with Gasteiger partial charge in [-0.25, -0.2) is 4.79 Å². The molecule has 172 valence electrons. The molecule has 0 aromatic heterocycles. The van der Waals surface area contributed by atoms with E-state index in [4.69, 9.17) is 0 Å². The van der Waals surface area contributed by atoms with E-state index in [0.717, 1.165) is 6.07 Å². The Hall–Kier alpha value is -3.30. The summed E-state index contributed by atoms with van der Waals surface area (Å²) in [6.07, 6.45) is -3.11. The predicted octanol–water partition coefficient (Wildman–Crippen LogP) is 2.92. The van der Waals surface area contributed by atoms with Crippen LogP contribution < -0.4 is 5.32 Å². The first-order chi connectivity index (χ1) is 15.1. The van der Waals surface area contributed by atoms with Gasteiger partial charge < -0.3 is 15.1 Å². The monoisotopic (exact) mass is 450 g/mol. The molecule has 0 aliphatic carbocycles. The third kappa shape index (κ3) is 4.35. The molecule has 2 heterocycles. The SMILES string of the molecule is C=CCN1C(=O)N[C@@H](c2ccccc2C(F)(F)F)C2=C1CN(CCC(=O)N(C)CC)C2=O. The van der Waals surface area contributed by atoms with E-state index in [9.17, 15) is 27.6 Å². The summed E-state index contributed by atoms with van der Waals surface area (Å²) in [6, 6.07) is 3.02. The Morgan fingerprint density at radius 3 is 2.62 bits per heavy atom. The van der Waals surface area contributed by atoms with Gasteiger partial charge in [-0.3, -0.25) is 14.5 Å². The first-order valence-corrected chi connectivity index (χ1v) is 10.2. The number of urea groups is 1. The summed E-state index contributed by atoms with van der Waals surface area (Å²) in [5, 5.41) is 2.55. The van der Waals surface area contributed by atoms with Gasteiger partial charge in [0.1, 0.15) is 0 Å². The summed E-state index contributed by atoms with van der Waals surface area (Å²) in [7, 11) is 1.65. The number of rotatable bonds is 7. The number of hydrogen-bond donors (Lipinski definition) is 1. The van der Waals surface area contributed by atoms with Gasteiger partial charge in [0, 0.05) is 33.1 Å². The third-order valence-corrected chi connectivity index (χ3v) is 5.68. The van der Waals surface area contributed by atoms with Crippen LogP contribution in [0.4, 0.5) is 18.0 Å². The molecule has 7 nitrogen and oxygen atoms in total. The minimum Gasteiger partial charge on any atom is -0.346 e. The molecular formula is C22H25F3N4O3. The molecule has 0 spiro atoms. The molecule has 2 aliphatic heterocycles. The molecule has 10 heteroatoms. The van der Waals surface area contributed by atoms with Crippen molar-refractivity contribution < 1.29 is 27.6 Å². The van der Waals surface area contributed by atoms with Crippen LogP contribution in [0.25, 0.3) is 0 Å². The van der Waals surface area contributed by atoms with Crippen LogP contribution in [0.15, 0.2) is 48.2 Å². The number of benzene rings is 1. The lowest BCUT2D eigenvalue weighted by molar-refractivity contribution is -0.138. The molecule has 0 radical (unpaired) electrons. The van der Waals surface area contributed by atoms with Gasteiger partial charge in [0.2, 0.25) is 5.91 Å². The maximum absolute atomic E-state index is 13.6. The van der Waals surface area contributed by atoms with E-state index in [0.29, 0.717) is 12.2 Å². The normalized spacial score (nSPS) is 18.6. The molecule has 0 unspecified atom stereocenters. The largest absolute Gasteiger partial charge is 0.416 e. The van der Waals surface area contributed by atoms with E-state index in [1.54, 1.807) is 7.05 Å². The highest BCUT2D eigenvalue weighted by atomic mass is 19.4. The van der Waals surface area contributed by atoms with Gasteiger partial charge in [-0.05, 0) is 18.6 Å². The summed E-state index contributed by atoms with van der Waals surface area (Å²) in [4.78, 5) is 42.4. The second-order valence-electron chi connectivity index (χ2n) is 7.61. The zero-order chi connectivity index (χ0) is 23.6. The van der Waals surface area contributed by atoms with Gasteiger partial charge in [0.05, 0.1) is 29.4 Å². The smallest absolute Gasteiger partial charge is 0.346 e. The lowest BCUT2D eigenvalue weighted by atomic mass is 9.91. The molecule has 1 aromatic carbocycles. The van der Waals surface area contributed by atoms with Gasteiger partial charge in [-0.15, -0.1) is 6.58 Å². The fraction of sp³-hybridized carbons (Fsp3) is 0.409. The van der Waals surface area contributed by atoms with E-state index in [-0.39, 0.29) is 43.1 Å². The Labute approximate surface area is 184 Å². The Balaban J connectivity index is 1.98. The number of carbonyl (C=O) groups is 3. The fourth-order valence-corrected chi connectivity index (χ4v) is 3.89. The molecule has 1 atom stereocenters. The van der Waals surface area contributed by atoms with Crippen molar-refractivity contribution in [3.05, 3.63) is 59.3 Å². The first kappa shape index (κ1) is 23.4. The zero-order valence-corrected chi connectivity index (χ0v) is 17.9. The third-order valence-electron chi connectivity index (χ3n) is 5.68. The number of nitrogens with one attached hydrogen (secondary N) is 1. The van der Waals surface area contributed by atoms with E-state index < -0.39 is 29.7 Å². The Morgan fingerprint density at radius 2 is 2.00 bits per heavy atom. The number of halogens is 3. The standard InChI is InChI=1S/C22H25F3N4O3/c1-4-11-29-16-13-28(12-10-17(30)27(3)5-2)20(31)18(16)19(26-21(29)32)14-8-6-7-9-15(14)22(23,24)25/h4,6-9,19H,1,5,10-13H2,2-3H3,(H,26,32)/t19-/m0/s1. The van der Waals surface area contributed by atoms with Crippen LogP contribution in [0, 0.1) is 0 Å². The summed E-state index contributed by atoms with van der Waals surface area (Å²) in [5.41, 5.74) is -0.701. The average molecular weight is 450 g/mol. The first-order valence-electron chi connectivity index (χ1n) is 10.2. The molecule has 1 N–H and O–H groups in total. The number of alkyl halides is 3. The number of carbonyl (C=O) groups excluding carboxylic acids is 3. The molecule has 4 amide bonds. The maximum Gasteiger partial charge on any atom is 0.416 e. The van der Waals surface area contributed by atoms with E-state index in [2.05, 4.69) is 11.9 Å². The lowest BCUT2D eigenvalue weighted by Crippen LogP contribution is -2.47. The highest BCUT2D eigenvalue weighted by Crippen LogP contribution is 2.41. The van der Waals surface area contributed by atoms with Crippen molar-refractivity contribution in [2.24, 2.45) is 0 Å². The number of amides is 4. The van der Waals surface area contributed by atoms with Crippen LogP contribution in [-0.4, -0.2) is 65.8 Å². The van der Waals surface area contributed by atoms with Crippen LogP contribution in [0.1, 0.15) is 30.5 Å². The van der Waals surface area contributed by atoms with Gasteiger partial charge >= 0.3 is 12.2 Å². The Morgan fingerprint density at radius 1 is 1.31 bits per heavy atom. The van der Waals surface area contributed by atoms with E-state index >= 15 is 0 Å². The molecule has 0 fully saturated rings. The molecule has 3 rings (SSSR count). The summed E-state index contributed by atoms with van der Waals surface area (Å²) >= 11 is 0. The number of hydrogen-bond acceptors (Lipinski definition) is 3. The van der Waals surface area contributed by atoms with E-state index in [1.165, 1.54) is 39.0 Å². The summed E-state index contributed by atoms with van der Waals surface area (Å²) in [6.45, 7) is 6.18. The van der Waals surface area contributed by atoms with Gasteiger partial charge in [0.15, 0.2) is 0 Å². The van der Waals surface area contributed by atoms with Crippen molar-refractivity contribution in [2.75, 3.05) is 33.2 Å². The Bertz CT molecular complexity index is 973. The van der Waals surface area contributed by atoms with Crippen molar-refractivity contribution in [1.29, 1.82) is 0 Å². The zero-order valence-electron chi connectivity index (χ0n) is 17.9. The van der Waals surface area contributed by atoms with Crippen LogP contribution >= 0.6 is 0 Å². The molecule has 2 aliphatic rings. The van der Waals surface area contributed by atoms with Crippen molar-refractivity contribution >= 4 is 17.8 Å². The lowest BCUT2D eigenvalue weighted by Gasteiger charge is -2.33.